The van der Waals surface area contributed by atoms with Crippen molar-refractivity contribution in [2.24, 2.45) is 0 Å². The van der Waals surface area contributed by atoms with Crippen LogP contribution in [-0.2, 0) is 20.1 Å². The van der Waals surface area contributed by atoms with E-state index in [0.29, 0.717) is 0 Å². The smallest absolute Gasteiger partial charge is 0.306 e. The average Bonchev–Trinajstić information content (AvgIpc) is 2.05. The maximum atomic E-state index is 11.1. The number of hydrogen-bond donors (Lipinski definition) is 2. The number of rotatable bonds is 4. The minimum absolute atomic E-state index is 0.0297. The normalized spacial score (nSPS) is 12.1. The van der Waals surface area contributed by atoms with Crippen LogP contribution in [0.3, 0.4) is 0 Å². The van der Waals surface area contributed by atoms with Crippen molar-refractivity contribution in [3.05, 3.63) is 18.2 Å². The third-order valence-corrected chi connectivity index (χ3v) is 2.61. The molecule has 9 heteroatoms. The summed E-state index contributed by atoms with van der Waals surface area (Å²) in [6.07, 6.45) is 1.79. The van der Waals surface area contributed by atoms with Crippen LogP contribution in [0.1, 0.15) is 0 Å². The van der Waals surface area contributed by atoms with E-state index < -0.39 is 20.1 Å². The highest BCUT2D eigenvalue weighted by Gasteiger charge is 2.13. The fraction of sp³-hybridized carbons (Fsp3) is 0.250. The minimum atomic E-state index is -3.74. The molecule has 0 radical (unpaired) electrons. The summed E-state index contributed by atoms with van der Waals surface area (Å²) >= 11 is 0. The van der Waals surface area contributed by atoms with Gasteiger partial charge in [0.1, 0.15) is 0 Å². The summed E-state index contributed by atoms with van der Waals surface area (Å²) < 4.78 is 50.8. The molecule has 0 amide bonds. The Kier molecular flexibility index (Phi) is 3.53. The molecule has 0 spiro atoms. The van der Waals surface area contributed by atoms with Crippen molar-refractivity contribution in [2.75, 3.05) is 23.0 Å². The second-order valence-electron chi connectivity index (χ2n) is 3.42. The molecule has 0 saturated heterocycles. The van der Waals surface area contributed by atoms with E-state index in [9.17, 15) is 16.8 Å². The topological polar surface area (TPSA) is 116 Å². The van der Waals surface area contributed by atoms with Gasteiger partial charge in [0.25, 0.3) is 0 Å². The van der Waals surface area contributed by atoms with Crippen LogP contribution < -0.4 is 14.6 Å². The van der Waals surface area contributed by atoms with Gasteiger partial charge in [0.15, 0.2) is 5.75 Å². The third kappa shape index (κ3) is 4.91. The minimum Gasteiger partial charge on any atom is -0.399 e. The zero-order valence-electron chi connectivity index (χ0n) is 9.17. The van der Waals surface area contributed by atoms with Crippen molar-refractivity contribution < 1.29 is 21.0 Å². The van der Waals surface area contributed by atoms with Crippen LogP contribution in [0.15, 0.2) is 18.2 Å². The second-order valence-corrected chi connectivity index (χ2v) is 6.74. The fourth-order valence-electron chi connectivity index (χ4n) is 1.06. The number of nitrogen functional groups attached to an aromatic ring is 1. The van der Waals surface area contributed by atoms with Crippen LogP contribution in [0.5, 0.6) is 5.75 Å². The van der Waals surface area contributed by atoms with Crippen LogP contribution in [0, 0.1) is 0 Å². The van der Waals surface area contributed by atoms with Gasteiger partial charge in [-0.15, -0.1) is 0 Å². The van der Waals surface area contributed by atoms with Gasteiger partial charge < -0.3 is 9.92 Å². The van der Waals surface area contributed by atoms with Crippen molar-refractivity contribution in [2.45, 2.75) is 0 Å². The van der Waals surface area contributed by atoms with Crippen molar-refractivity contribution in [3.63, 3.8) is 0 Å². The molecule has 0 atom stereocenters. The monoisotopic (exact) mass is 280 g/mol. The molecule has 7 nitrogen and oxygen atoms in total. The van der Waals surface area contributed by atoms with Crippen LogP contribution in [0.25, 0.3) is 0 Å². The number of nitrogens with one attached hydrogen (secondary N) is 1. The zero-order chi connectivity index (χ0) is 13.3. The molecule has 0 aliphatic rings. The van der Waals surface area contributed by atoms with Gasteiger partial charge in [0, 0.05) is 5.69 Å². The molecule has 0 aromatic heterocycles. The van der Waals surface area contributed by atoms with E-state index in [4.69, 9.17) is 5.73 Å². The molecule has 0 aliphatic heterocycles. The van der Waals surface area contributed by atoms with Crippen LogP contribution >= 0.6 is 0 Å². The number of anilines is 2. The quantitative estimate of drug-likeness (QED) is 0.591. The molecule has 17 heavy (non-hydrogen) atoms. The van der Waals surface area contributed by atoms with Gasteiger partial charge in [-0.05, 0) is 18.2 Å². The van der Waals surface area contributed by atoms with Gasteiger partial charge in [-0.3, -0.25) is 4.72 Å². The lowest BCUT2D eigenvalue weighted by Gasteiger charge is -2.11. The van der Waals surface area contributed by atoms with Crippen molar-refractivity contribution >= 4 is 31.5 Å². The predicted molar refractivity (Wildman–Crippen MR) is 64.8 cm³/mol. The van der Waals surface area contributed by atoms with Gasteiger partial charge in [-0.2, -0.15) is 8.42 Å². The molecule has 1 aromatic rings. The zero-order valence-corrected chi connectivity index (χ0v) is 10.8. The van der Waals surface area contributed by atoms with Gasteiger partial charge >= 0.3 is 10.1 Å². The molecule has 0 unspecified atom stereocenters. The molecule has 1 rings (SSSR count). The van der Waals surface area contributed by atoms with E-state index in [1.54, 1.807) is 0 Å². The van der Waals surface area contributed by atoms with Gasteiger partial charge in [-0.1, -0.05) is 0 Å². The Balaban J connectivity index is 3.22. The molecule has 0 heterocycles. The Hall–Kier alpha value is -1.48. The summed E-state index contributed by atoms with van der Waals surface area (Å²) in [5, 5.41) is 0. The Bertz CT molecular complexity index is 621. The molecular weight excluding hydrogens is 268 g/mol. The molecule has 1 aromatic carbocycles. The van der Waals surface area contributed by atoms with Crippen LogP contribution in [0.2, 0.25) is 0 Å². The number of sulfonamides is 1. The first-order valence-electron chi connectivity index (χ1n) is 4.33. The van der Waals surface area contributed by atoms with Gasteiger partial charge in [0.2, 0.25) is 10.0 Å². The molecule has 0 bridgehead atoms. The predicted octanol–water partition coefficient (Wildman–Crippen LogP) is -0.0213. The second kappa shape index (κ2) is 4.41. The van der Waals surface area contributed by atoms with E-state index in [1.165, 1.54) is 18.2 Å². The Morgan fingerprint density at radius 1 is 1.18 bits per heavy atom. The highest BCUT2D eigenvalue weighted by molar-refractivity contribution is 7.92. The van der Waals surface area contributed by atoms with E-state index in [-0.39, 0.29) is 17.1 Å². The first-order valence-corrected chi connectivity index (χ1v) is 8.04. The van der Waals surface area contributed by atoms with E-state index >= 15 is 0 Å². The number of nitrogens with two attached hydrogens (primary N) is 1. The van der Waals surface area contributed by atoms with Crippen LogP contribution in [0.4, 0.5) is 11.4 Å². The lowest BCUT2D eigenvalue weighted by molar-refractivity contribution is 0.494. The Labute approximate surface area is 99.8 Å². The summed E-state index contributed by atoms with van der Waals surface area (Å²) in [5.74, 6) is -0.132. The SMILES string of the molecule is CS(=O)(=O)Nc1cc(N)ccc1OS(C)(=O)=O. The third-order valence-electron chi connectivity index (χ3n) is 1.54. The lowest BCUT2D eigenvalue weighted by atomic mass is 10.3. The summed E-state index contributed by atoms with van der Waals surface area (Å²) in [4.78, 5) is 0. The first kappa shape index (κ1) is 13.6. The van der Waals surface area contributed by atoms with E-state index in [1.807, 2.05) is 0 Å². The molecular formula is C8H12N2O5S2. The summed E-state index contributed by atoms with van der Waals surface area (Å²) in [6, 6.07) is 3.93. The molecule has 96 valence electrons. The molecule has 0 saturated carbocycles. The van der Waals surface area contributed by atoms with Crippen molar-refractivity contribution in [3.8, 4) is 5.75 Å². The average molecular weight is 280 g/mol. The maximum absolute atomic E-state index is 11.1. The van der Waals surface area contributed by atoms with Crippen molar-refractivity contribution in [1.29, 1.82) is 0 Å². The van der Waals surface area contributed by atoms with E-state index in [0.717, 1.165) is 12.5 Å². The lowest BCUT2D eigenvalue weighted by Crippen LogP contribution is -2.13. The highest BCUT2D eigenvalue weighted by atomic mass is 32.2. The summed E-state index contributed by atoms with van der Waals surface area (Å²) in [6.45, 7) is 0. The number of benzene rings is 1. The molecule has 0 aliphatic carbocycles. The largest absolute Gasteiger partial charge is 0.399 e. The molecule has 0 fully saturated rings. The standard InChI is InChI=1S/C8H12N2O5S2/c1-16(11,12)10-7-5-6(9)3-4-8(7)15-17(2,13)14/h3-5,10H,9H2,1-2H3. The molecule has 3 N–H and O–H groups in total. The summed E-state index contributed by atoms with van der Waals surface area (Å²) in [5.41, 5.74) is 5.72. The summed E-state index contributed by atoms with van der Waals surface area (Å²) in [7, 11) is -7.30. The first-order chi connectivity index (χ1) is 7.57. The number of hydrogen-bond acceptors (Lipinski definition) is 6. The van der Waals surface area contributed by atoms with Crippen LogP contribution in [-0.4, -0.2) is 29.3 Å². The van der Waals surface area contributed by atoms with E-state index in [2.05, 4.69) is 8.91 Å². The highest BCUT2D eigenvalue weighted by Crippen LogP contribution is 2.28. The Morgan fingerprint density at radius 2 is 1.76 bits per heavy atom. The van der Waals surface area contributed by atoms with Gasteiger partial charge in [-0.25, -0.2) is 8.42 Å². The Morgan fingerprint density at radius 3 is 2.24 bits per heavy atom. The van der Waals surface area contributed by atoms with Crippen molar-refractivity contribution in [1.82, 2.24) is 0 Å². The van der Waals surface area contributed by atoms with Gasteiger partial charge in [0.05, 0.1) is 18.2 Å². The fourth-order valence-corrected chi connectivity index (χ4v) is 2.09. The maximum Gasteiger partial charge on any atom is 0.306 e.